The summed E-state index contributed by atoms with van der Waals surface area (Å²) in [5.41, 5.74) is 0. The Morgan fingerprint density at radius 3 is 2.61 bits per heavy atom. The van der Waals surface area contributed by atoms with Crippen molar-refractivity contribution in [3.63, 3.8) is 0 Å². The lowest BCUT2D eigenvalue weighted by molar-refractivity contribution is -0.145. The zero-order chi connectivity index (χ0) is 13.9. The van der Waals surface area contributed by atoms with Gasteiger partial charge < -0.3 is 14.9 Å². The summed E-state index contributed by atoms with van der Waals surface area (Å²) < 4.78 is 0. The van der Waals surface area contributed by atoms with E-state index in [0.717, 1.165) is 0 Å². The molecule has 1 heterocycles. The number of rotatable bonds is 4. The smallest absolute Gasteiger partial charge is 0.308 e. The maximum Gasteiger partial charge on any atom is 0.308 e. The molecule has 1 aliphatic heterocycles. The highest BCUT2D eigenvalue weighted by atomic mass is 32.2. The zero-order valence-corrected chi connectivity index (χ0v) is 11.6. The highest BCUT2D eigenvalue weighted by Gasteiger charge is 2.35. The molecule has 0 saturated carbocycles. The summed E-state index contributed by atoms with van der Waals surface area (Å²) in [6.45, 7) is 3.14. The summed E-state index contributed by atoms with van der Waals surface area (Å²) in [6.07, 6.45) is 0. The Morgan fingerprint density at radius 1 is 1.50 bits per heavy atom. The monoisotopic (exact) mass is 274 g/mol. The summed E-state index contributed by atoms with van der Waals surface area (Å²) in [4.78, 5) is 37.2. The number of carboxylic acids is 1. The van der Waals surface area contributed by atoms with Gasteiger partial charge in [0.2, 0.25) is 11.8 Å². The average Bonchev–Trinajstić information content (AvgIpc) is 2.76. The van der Waals surface area contributed by atoms with Crippen LogP contribution in [0, 0.1) is 5.92 Å². The molecule has 7 heteroatoms. The van der Waals surface area contributed by atoms with Crippen LogP contribution in [0.4, 0.5) is 0 Å². The Hall–Kier alpha value is -1.24. The molecular weight excluding hydrogens is 256 g/mol. The Bertz CT molecular complexity index is 361. The van der Waals surface area contributed by atoms with E-state index in [1.807, 2.05) is 0 Å². The van der Waals surface area contributed by atoms with E-state index in [2.05, 4.69) is 0 Å². The molecule has 0 radical (unpaired) electrons. The molecule has 0 unspecified atom stereocenters. The molecule has 0 aromatic carbocycles. The van der Waals surface area contributed by atoms with Crippen LogP contribution in [0.25, 0.3) is 0 Å². The van der Waals surface area contributed by atoms with Crippen molar-refractivity contribution in [1.82, 2.24) is 9.80 Å². The van der Waals surface area contributed by atoms with E-state index in [-0.39, 0.29) is 18.4 Å². The predicted molar refractivity (Wildman–Crippen MR) is 68.1 cm³/mol. The molecule has 2 amide bonds. The average molecular weight is 274 g/mol. The van der Waals surface area contributed by atoms with Gasteiger partial charge in [-0.3, -0.25) is 14.4 Å². The summed E-state index contributed by atoms with van der Waals surface area (Å²) in [7, 11) is 1.57. The molecule has 2 atom stereocenters. The van der Waals surface area contributed by atoms with E-state index in [0.29, 0.717) is 11.6 Å². The number of hydrogen-bond acceptors (Lipinski definition) is 4. The molecule has 1 saturated heterocycles. The number of hydrogen-bond donors (Lipinski definition) is 1. The Kier molecular flexibility index (Phi) is 5.01. The summed E-state index contributed by atoms with van der Waals surface area (Å²) in [5, 5.41) is 8.81. The van der Waals surface area contributed by atoms with Crippen molar-refractivity contribution in [2.75, 3.05) is 25.2 Å². The molecule has 0 aromatic heterocycles. The van der Waals surface area contributed by atoms with Gasteiger partial charge in [-0.15, -0.1) is 11.8 Å². The van der Waals surface area contributed by atoms with Gasteiger partial charge in [-0.1, -0.05) is 6.92 Å². The number of aliphatic carboxylic acids is 1. The van der Waals surface area contributed by atoms with Gasteiger partial charge in [0.1, 0.15) is 6.04 Å². The van der Waals surface area contributed by atoms with Crippen LogP contribution in [-0.4, -0.2) is 64.0 Å². The van der Waals surface area contributed by atoms with E-state index in [4.69, 9.17) is 5.11 Å². The van der Waals surface area contributed by atoms with Gasteiger partial charge in [-0.05, 0) is 0 Å². The molecule has 0 aliphatic carbocycles. The summed E-state index contributed by atoms with van der Waals surface area (Å²) >= 11 is 1.53. The summed E-state index contributed by atoms with van der Waals surface area (Å²) in [6, 6.07) is -0.460. The van der Waals surface area contributed by atoms with E-state index in [1.54, 1.807) is 14.0 Å². The molecule has 1 rings (SSSR count). The Balaban J connectivity index is 2.63. The number of carboxylic acid groups (broad SMARTS) is 1. The van der Waals surface area contributed by atoms with Crippen molar-refractivity contribution in [2.24, 2.45) is 5.92 Å². The van der Waals surface area contributed by atoms with Crippen LogP contribution in [0.15, 0.2) is 0 Å². The fraction of sp³-hybridized carbons (Fsp3) is 0.727. The molecule has 102 valence electrons. The molecule has 1 fully saturated rings. The van der Waals surface area contributed by atoms with Crippen molar-refractivity contribution in [1.29, 1.82) is 0 Å². The molecule has 1 aliphatic rings. The van der Waals surface area contributed by atoms with Crippen LogP contribution < -0.4 is 0 Å². The first-order valence-electron chi connectivity index (χ1n) is 5.67. The number of amides is 2. The molecule has 6 nitrogen and oxygen atoms in total. The first-order valence-corrected chi connectivity index (χ1v) is 6.82. The highest BCUT2D eigenvalue weighted by molar-refractivity contribution is 7.99. The second kappa shape index (κ2) is 6.08. The Morgan fingerprint density at radius 2 is 2.11 bits per heavy atom. The number of carbonyl (C=O) groups excluding carboxylic acids is 2. The van der Waals surface area contributed by atoms with Crippen LogP contribution in [-0.2, 0) is 14.4 Å². The lowest BCUT2D eigenvalue weighted by atomic mass is 10.1. The summed E-state index contributed by atoms with van der Waals surface area (Å²) in [5.74, 6) is -0.767. The third kappa shape index (κ3) is 3.38. The fourth-order valence-electron chi connectivity index (χ4n) is 1.79. The molecule has 0 aromatic rings. The number of carbonyl (C=O) groups is 3. The van der Waals surface area contributed by atoms with Crippen LogP contribution in [0.2, 0.25) is 0 Å². The topological polar surface area (TPSA) is 77.9 Å². The second-order valence-electron chi connectivity index (χ2n) is 4.46. The minimum absolute atomic E-state index is 0.127. The maximum atomic E-state index is 12.1. The minimum Gasteiger partial charge on any atom is -0.481 e. The van der Waals surface area contributed by atoms with E-state index >= 15 is 0 Å². The van der Waals surface area contributed by atoms with Gasteiger partial charge in [0.25, 0.3) is 0 Å². The van der Waals surface area contributed by atoms with Crippen LogP contribution in [0.1, 0.15) is 13.8 Å². The lowest BCUT2D eigenvalue weighted by Crippen LogP contribution is -2.48. The van der Waals surface area contributed by atoms with E-state index in [1.165, 1.54) is 28.5 Å². The second-order valence-corrected chi connectivity index (χ2v) is 5.46. The number of thioether (sulfide) groups is 1. The molecule has 0 spiro atoms. The third-order valence-corrected chi connectivity index (χ3v) is 3.93. The first kappa shape index (κ1) is 14.8. The highest BCUT2D eigenvalue weighted by Crippen LogP contribution is 2.22. The van der Waals surface area contributed by atoms with Crippen molar-refractivity contribution in [3.05, 3.63) is 0 Å². The largest absolute Gasteiger partial charge is 0.481 e. The van der Waals surface area contributed by atoms with Crippen LogP contribution in [0.3, 0.4) is 0 Å². The van der Waals surface area contributed by atoms with E-state index < -0.39 is 17.9 Å². The number of nitrogens with zero attached hydrogens (tertiary/aromatic N) is 2. The van der Waals surface area contributed by atoms with Gasteiger partial charge >= 0.3 is 5.97 Å². The van der Waals surface area contributed by atoms with Crippen molar-refractivity contribution in [2.45, 2.75) is 19.9 Å². The molecular formula is C11H18N2O4S. The van der Waals surface area contributed by atoms with Crippen LogP contribution in [0.5, 0.6) is 0 Å². The van der Waals surface area contributed by atoms with Gasteiger partial charge in [0.15, 0.2) is 0 Å². The predicted octanol–water partition coefficient (Wildman–Crippen LogP) is 0.0869. The lowest BCUT2D eigenvalue weighted by Gasteiger charge is -2.27. The van der Waals surface area contributed by atoms with Gasteiger partial charge in [-0.2, -0.15) is 0 Å². The maximum absolute atomic E-state index is 12.1. The van der Waals surface area contributed by atoms with Crippen molar-refractivity contribution >= 4 is 29.5 Å². The van der Waals surface area contributed by atoms with Crippen LogP contribution >= 0.6 is 11.8 Å². The minimum atomic E-state index is -0.932. The standard InChI is InChI=1S/C11H18N2O4S/c1-7(11(16)17)4-12(3)10(15)9-5-18-6-13(9)8(2)14/h7,9H,4-6H2,1-3H3,(H,16,17)/t7-,9-/m0/s1. The fourth-order valence-corrected chi connectivity index (χ4v) is 3.00. The molecule has 0 bridgehead atoms. The quantitative estimate of drug-likeness (QED) is 0.786. The zero-order valence-electron chi connectivity index (χ0n) is 10.8. The Labute approximate surface area is 110 Å². The molecule has 18 heavy (non-hydrogen) atoms. The van der Waals surface area contributed by atoms with Gasteiger partial charge in [-0.25, -0.2) is 0 Å². The van der Waals surface area contributed by atoms with Crippen molar-refractivity contribution in [3.8, 4) is 0 Å². The SMILES string of the molecule is CC(=O)N1CSC[C@H]1C(=O)N(C)C[C@H](C)C(=O)O. The van der Waals surface area contributed by atoms with Gasteiger partial charge in [0.05, 0.1) is 11.8 Å². The number of likely N-dealkylation sites (N-methyl/N-ethyl adjacent to an activating group) is 1. The van der Waals surface area contributed by atoms with Crippen molar-refractivity contribution < 1.29 is 19.5 Å². The van der Waals surface area contributed by atoms with Gasteiger partial charge in [0, 0.05) is 26.3 Å². The third-order valence-electron chi connectivity index (χ3n) is 2.92. The normalized spacial score (nSPS) is 20.6. The first-order chi connectivity index (χ1) is 8.34. The molecule has 1 N–H and O–H groups in total. The van der Waals surface area contributed by atoms with E-state index in [9.17, 15) is 14.4 Å².